The zero-order chi connectivity index (χ0) is 12.1. The molecule has 0 radical (unpaired) electrons. The lowest BCUT2D eigenvalue weighted by Crippen LogP contribution is -2.05. The van der Waals surface area contributed by atoms with E-state index in [4.69, 9.17) is 15.7 Å². The van der Waals surface area contributed by atoms with E-state index in [1.54, 1.807) is 6.92 Å². The first-order valence-corrected chi connectivity index (χ1v) is 5.95. The normalized spacial score (nSPS) is 9.81. The minimum absolute atomic E-state index is 0.259. The van der Waals surface area contributed by atoms with Crippen LogP contribution in [-0.4, -0.2) is 12.6 Å². The van der Waals surface area contributed by atoms with Crippen molar-refractivity contribution >= 4 is 23.0 Å². The first kappa shape index (κ1) is 12.5. The van der Waals surface area contributed by atoms with Crippen molar-refractivity contribution in [1.29, 1.82) is 5.26 Å². The number of anilines is 1. The summed E-state index contributed by atoms with van der Waals surface area (Å²) in [6, 6.07) is 2.04. The molecule has 0 saturated heterocycles. The topological polar surface area (TPSA) is 76.1 Å². The standard InChI is InChI=1S/C11H14N2O2S/c1-3-5-8-7(6-12)9(13)10(16-8)11(14)15-4-2/h3-5,13H2,1-2H3. The summed E-state index contributed by atoms with van der Waals surface area (Å²) in [5.41, 5.74) is 6.45. The minimum atomic E-state index is -0.441. The summed E-state index contributed by atoms with van der Waals surface area (Å²) >= 11 is 1.26. The molecular formula is C11H14N2O2S. The second-order valence-corrected chi connectivity index (χ2v) is 4.33. The van der Waals surface area contributed by atoms with Crippen molar-refractivity contribution in [2.24, 2.45) is 0 Å². The van der Waals surface area contributed by atoms with Gasteiger partial charge in [0.25, 0.3) is 0 Å². The highest BCUT2D eigenvalue weighted by Crippen LogP contribution is 2.32. The number of carbonyl (C=O) groups excluding carboxylic acids is 1. The lowest BCUT2D eigenvalue weighted by Gasteiger charge is -1.98. The molecule has 0 aliphatic carbocycles. The highest BCUT2D eigenvalue weighted by atomic mass is 32.1. The molecule has 16 heavy (non-hydrogen) atoms. The van der Waals surface area contributed by atoms with Gasteiger partial charge in [0.1, 0.15) is 10.9 Å². The number of esters is 1. The van der Waals surface area contributed by atoms with Crippen LogP contribution in [0.3, 0.4) is 0 Å². The highest BCUT2D eigenvalue weighted by molar-refractivity contribution is 7.14. The summed E-state index contributed by atoms with van der Waals surface area (Å²) in [6.45, 7) is 4.06. The molecule has 0 aromatic carbocycles. The number of thiophene rings is 1. The molecule has 86 valence electrons. The summed E-state index contributed by atoms with van der Waals surface area (Å²) in [7, 11) is 0. The van der Waals surface area contributed by atoms with E-state index in [1.165, 1.54) is 11.3 Å². The Balaban J connectivity index is 3.13. The van der Waals surface area contributed by atoms with Crippen molar-refractivity contribution in [3.05, 3.63) is 15.3 Å². The first-order valence-electron chi connectivity index (χ1n) is 5.14. The predicted octanol–water partition coefficient (Wildman–Crippen LogP) is 2.33. The minimum Gasteiger partial charge on any atom is -0.462 e. The van der Waals surface area contributed by atoms with Crippen LogP contribution >= 0.6 is 11.3 Å². The van der Waals surface area contributed by atoms with Crippen molar-refractivity contribution in [2.45, 2.75) is 26.7 Å². The number of rotatable bonds is 4. The molecule has 0 bridgehead atoms. The molecule has 4 nitrogen and oxygen atoms in total. The number of nitrogens with zero attached hydrogens (tertiary/aromatic N) is 1. The fourth-order valence-electron chi connectivity index (χ4n) is 1.37. The van der Waals surface area contributed by atoms with Gasteiger partial charge in [-0.05, 0) is 13.3 Å². The molecule has 1 aromatic heterocycles. The SMILES string of the molecule is CCCc1sc(C(=O)OCC)c(N)c1C#N. The Bertz CT molecular complexity index is 432. The Hall–Kier alpha value is -1.54. The van der Waals surface area contributed by atoms with Gasteiger partial charge in [0.15, 0.2) is 0 Å². The van der Waals surface area contributed by atoms with Gasteiger partial charge in [-0.2, -0.15) is 5.26 Å². The van der Waals surface area contributed by atoms with Crippen molar-refractivity contribution in [1.82, 2.24) is 0 Å². The first-order chi connectivity index (χ1) is 7.65. The molecule has 5 heteroatoms. The lowest BCUT2D eigenvalue weighted by atomic mass is 10.1. The number of hydrogen-bond acceptors (Lipinski definition) is 5. The van der Waals surface area contributed by atoms with Crippen molar-refractivity contribution in [2.75, 3.05) is 12.3 Å². The molecule has 1 heterocycles. The van der Waals surface area contributed by atoms with Gasteiger partial charge in [-0.25, -0.2) is 4.79 Å². The molecule has 0 fully saturated rings. The van der Waals surface area contributed by atoms with Gasteiger partial charge in [-0.15, -0.1) is 11.3 Å². The Kier molecular flexibility index (Phi) is 4.32. The third-order valence-corrected chi connectivity index (χ3v) is 3.31. The monoisotopic (exact) mass is 238 g/mol. The number of carbonyl (C=O) groups is 1. The number of nitriles is 1. The molecular weight excluding hydrogens is 224 g/mol. The zero-order valence-corrected chi connectivity index (χ0v) is 10.2. The van der Waals surface area contributed by atoms with Gasteiger partial charge in [0, 0.05) is 4.88 Å². The maximum absolute atomic E-state index is 11.6. The highest BCUT2D eigenvalue weighted by Gasteiger charge is 2.21. The van der Waals surface area contributed by atoms with E-state index in [2.05, 4.69) is 0 Å². The second kappa shape index (κ2) is 5.52. The van der Waals surface area contributed by atoms with E-state index >= 15 is 0 Å². The van der Waals surface area contributed by atoms with Crippen LogP contribution < -0.4 is 5.73 Å². The van der Waals surface area contributed by atoms with Crippen LogP contribution in [0.4, 0.5) is 5.69 Å². The van der Waals surface area contributed by atoms with Crippen molar-refractivity contribution < 1.29 is 9.53 Å². The second-order valence-electron chi connectivity index (χ2n) is 3.23. The fourth-order valence-corrected chi connectivity index (χ4v) is 2.53. The number of nitrogen functional groups attached to an aromatic ring is 1. The maximum atomic E-state index is 11.6. The molecule has 0 atom stereocenters. The van der Waals surface area contributed by atoms with Crippen LogP contribution in [0.1, 0.15) is 40.4 Å². The third-order valence-electron chi connectivity index (χ3n) is 2.07. The van der Waals surface area contributed by atoms with Gasteiger partial charge in [-0.3, -0.25) is 0 Å². The van der Waals surface area contributed by atoms with E-state index in [0.717, 1.165) is 17.7 Å². The largest absolute Gasteiger partial charge is 0.462 e. The molecule has 1 rings (SSSR count). The van der Waals surface area contributed by atoms with Gasteiger partial charge < -0.3 is 10.5 Å². The lowest BCUT2D eigenvalue weighted by molar-refractivity contribution is 0.0533. The van der Waals surface area contributed by atoms with Crippen molar-refractivity contribution in [3.63, 3.8) is 0 Å². The molecule has 0 spiro atoms. The van der Waals surface area contributed by atoms with E-state index < -0.39 is 5.97 Å². The van der Waals surface area contributed by atoms with Crippen LogP contribution in [0.2, 0.25) is 0 Å². The van der Waals surface area contributed by atoms with Crippen molar-refractivity contribution in [3.8, 4) is 6.07 Å². The van der Waals surface area contributed by atoms with E-state index in [0.29, 0.717) is 17.0 Å². The fraction of sp³-hybridized carbons (Fsp3) is 0.455. The number of nitrogens with two attached hydrogens (primary N) is 1. The molecule has 0 unspecified atom stereocenters. The summed E-state index contributed by atoms with van der Waals surface area (Å²) < 4.78 is 4.88. The van der Waals surface area contributed by atoms with Gasteiger partial charge in [0.05, 0.1) is 17.9 Å². The van der Waals surface area contributed by atoms with Crippen LogP contribution in [0.15, 0.2) is 0 Å². The molecule has 1 aromatic rings. The smallest absolute Gasteiger partial charge is 0.350 e. The molecule has 2 N–H and O–H groups in total. The number of hydrogen-bond donors (Lipinski definition) is 1. The van der Waals surface area contributed by atoms with E-state index in [9.17, 15) is 4.79 Å². The zero-order valence-electron chi connectivity index (χ0n) is 9.37. The Morgan fingerprint density at radius 3 is 2.75 bits per heavy atom. The Labute approximate surface area is 98.6 Å². The van der Waals surface area contributed by atoms with Gasteiger partial charge in [0.2, 0.25) is 0 Å². The quantitative estimate of drug-likeness (QED) is 0.817. The summed E-state index contributed by atoms with van der Waals surface area (Å²) in [5, 5.41) is 8.98. The van der Waals surface area contributed by atoms with Gasteiger partial charge >= 0.3 is 5.97 Å². The third kappa shape index (κ3) is 2.34. The number of aryl methyl sites for hydroxylation is 1. The molecule has 0 aliphatic rings. The predicted molar refractivity (Wildman–Crippen MR) is 63.4 cm³/mol. The summed E-state index contributed by atoms with van der Waals surface area (Å²) in [4.78, 5) is 12.8. The van der Waals surface area contributed by atoms with Crippen LogP contribution in [0, 0.1) is 11.3 Å². The Morgan fingerprint density at radius 2 is 2.25 bits per heavy atom. The van der Waals surface area contributed by atoms with E-state index in [1.807, 2.05) is 13.0 Å². The number of ether oxygens (including phenoxy) is 1. The van der Waals surface area contributed by atoms with Crippen LogP contribution in [0.5, 0.6) is 0 Å². The average molecular weight is 238 g/mol. The molecule has 0 amide bonds. The van der Waals surface area contributed by atoms with Gasteiger partial charge in [-0.1, -0.05) is 13.3 Å². The Morgan fingerprint density at radius 1 is 1.56 bits per heavy atom. The molecule has 0 aliphatic heterocycles. The maximum Gasteiger partial charge on any atom is 0.350 e. The van der Waals surface area contributed by atoms with Crippen LogP contribution in [0.25, 0.3) is 0 Å². The van der Waals surface area contributed by atoms with E-state index in [-0.39, 0.29) is 5.69 Å². The summed E-state index contributed by atoms with van der Waals surface area (Å²) in [5.74, 6) is -0.441. The molecule has 0 saturated carbocycles. The average Bonchev–Trinajstić information content (AvgIpc) is 2.56. The van der Waals surface area contributed by atoms with Crippen LogP contribution in [-0.2, 0) is 11.2 Å². The summed E-state index contributed by atoms with van der Waals surface area (Å²) in [6.07, 6.45) is 1.67.